The first kappa shape index (κ1) is 20.1. The fraction of sp³-hybridized carbons (Fsp3) is 0.227. The Morgan fingerprint density at radius 3 is 2.45 bits per heavy atom. The molecule has 0 saturated heterocycles. The van der Waals surface area contributed by atoms with Gasteiger partial charge in [-0.2, -0.15) is 5.10 Å². The van der Waals surface area contributed by atoms with Gasteiger partial charge in [-0.25, -0.2) is 4.68 Å². The second kappa shape index (κ2) is 9.05. The van der Waals surface area contributed by atoms with Crippen LogP contribution < -0.4 is 20.3 Å². The van der Waals surface area contributed by atoms with Crippen molar-refractivity contribution in [3.8, 4) is 22.8 Å². The fourth-order valence-electron chi connectivity index (χ4n) is 2.96. The lowest BCUT2D eigenvalue weighted by Crippen LogP contribution is -2.34. The fourth-order valence-corrected chi connectivity index (χ4v) is 2.96. The summed E-state index contributed by atoms with van der Waals surface area (Å²) < 4.78 is 11.7. The third-order valence-corrected chi connectivity index (χ3v) is 4.52. The zero-order chi connectivity index (χ0) is 20.8. The number of amides is 1. The number of nitrogens with one attached hydrogen (secondary N) is 1. The molecule has 1 atom stereocenters. The van der Waals surface area contributed by atoms with E-state index in [1.807, 2.05) is 43.3 Å². The summed E-state index contributed by atoms with van der Waals surface area (Å²) in [4.78, 5) is 24.6. The van der Waals surface area contributed by atoms with E-state index < -0.39 is 0 Å². The third-order valence-electron chi connectivity index (χ3n) is 4.52. The smallest absolute Gasteiger partial charge is 0.267 e. The predicted octanol–water partition coefficient (Wildman–Crippen LogP) is 2.80. The van der Waals surface area contributed by atoms with E-state index in [1.54, 1.807) is 32.4 Å². The summed E-state index contributed by atoms with van der Waals surface area (Å²) in [6.07, 6.45) is 0. The Balaban J connectivity index is 1.79. The molecule has 1 N–H and O–H groups in total. The van der Waals surface area contributed by atoms with Crippen molar-refractivity contribution >= 4 is 5.91 Å². The van der Waals surface area contributed by atoms with Gasteiger partial charge in [0.05, 0.1) is 26.0 Å². The maximum atomic E-state index is 12.4. The van der Waals surface area contributed by atoms with Gasteiger partial charge < -0.3 is 14.8 Å². The van der Waals surface area contributed by atoms with E-state index in [4.69, 9.17) is 9.47 Å². The van der Waals surface area contributed by atoms with Crippen LogP contribution in [0.1, 0.15) is 18.5 Å². The van der Waals surface area contributed by atoms with Crippen LogP contribution in [0.25, 0.3) is 11.3 Å². The number of hydrogen-bond acceptors (Lipinski definition) is 5. The molecule has 7 nitrogen and oxygen atoms in total. The molecule has 7 heteroatoms. The average Bonchev–Trinajstić information content (AvgIpc) is 2.75. The minimum absolute atomic E-state index is 0.170. The van der Waals surface area contributed by atoms with E-state index in [9.17, 15) is 9.59 Å². The Morgan fingerprint density at radius 1 is 1.03 bits per heavy atom. The lowest BCUT2D eigenvalue weighted by Gasteiger charge is -2.15. The Bertz CT molecular complexity index is 1050. The summed E-state index contributed by atoms with van der Waals surface area (Å²) in [5.41, 5.74) is 1.93. The van der Waals surface area contributed by atoms with Gasteiger partial charge in [0, 0.05) is 11.6 Å². The van der Waals surface area contributed by atoms with Gasteiger partial charge in [-0.3, -0.25) is 9.59 Å². The molecule has 3 aromatic rings. The number of ether oxygens (including phenoxy) is 2. The Hall–Kier alpha value is -3.61. The third kappa shape index (κ3) is 4.82. The van der Waals surface area contributed by atoms with Crippen LogP contribution in [0.4, 0.5) is 0 Å². The number of carbonyl (C=O) groups is 1. The van der Waals surface area contributed by atoms with Gasteiger partial charge in [0.1, 0.15) is 6.54 Å². The van der Waals surface area contributed by atoms with Gasteiger partial charge >= 0.3 is 0 Å². The molecule has 150 valence electrons. The zero-order valence-corrected chi connectivity index (χ0v) is 16.6. The standard InChI is InChI=1S/C22H23N3O4/c1-15(16-7-5-4-6-8-16)23-21(26)14-25-22(27)12-10-18(24-25)17-9-11-19(28-2)20(13-17)29-3/h4-13,15H,14H2,1-3H3,(H,23,26). The molecule has 1 heterocycles. The summed E-state index contributed by atoms with van der Waals surface area (Å²) >= 11 is 0. The topological polar surface area (TPSA) is 82.5 Å². The van der Waals surface area contributed by atoms with E-state index in [0.717, 1.165) is 15.8 Å². The number of benzene rings is 2. The highest BCUT2D eigenvalue weighted by Crippen LogP contribution is 2.31. The van der Waals surface area contributed by atoms with E-state index in [-0.39, 0.29) is 24.1 Å². The molecule has 0 aliphatic carbocycles. The molecule has 2 aromatic carbocycles. The summed E-state index contributed by atoms with van der Waals surface area (Å²) in [5.74, 6) is 0.859. The molecule has 1 unspecified atom stereocenters. The lowest BCUT2D eigenvalue weighted by molar-refractivity contribution is -0.122. The van der Waals surface area contributed by atoms with Crippen molar-refractivity contribution in [1.82, 2.24) is 15.1 Å². The molecule has 0 bridgehead atoms. The minimum Gasteiger partial charge on any atom is -0.493 e. The molecule has 3 rings (SSSR count). The summed E-state index contributed by atoms with van der Waals surface area (Å²) in [5, 5.41) is 7.23. The molecule has 0 aliphatic heterocycles. The van der Waals surface area contributed by atoms with Crippen molar-refractivity contribution in [2.24, 2.45) is 0 Å². The largest absolute Gasteiger partial charge is 0.493 e. The Kier molecular flexibility index (Phi) is 6.29. The first-order chi connectivity index (χ1) is 14.0. The zero-order valence-electron chi connectivity index (χ0n) is 16.6. The number of nitrogens with zero attached hydrogens (tertiary/aromatic N) is 2. The molecule has 0 fully saturated rings. The van der Waals surface area contributed by atoms with Gasteiger partial charge in [0.2, 0.25) is 5.91 Å². The quantitative estimate of drug-likeness (QED) is 0.667. The maximum Gasteiger partial charge on any atom is 0.267 e. The first-order valence-corrected chi connectivity index (χ1v) is 9.16. The molecule has 0 saturated carbocycles. The molecule has 0 aliphatic rings. The van der Waals surface area contributed by atoms with Gasteiger partial charge in [-0.1, -0.05) is 30.3 Å². The summed E-state index contributed by atoms with van der Waals surface area (Å²) in [7, 11) is 3.11. The van der Waals surface area contributed by atoms with Crippen molar-refractivity contribution in [1.29, 1.82) is 0 Å². The SMILES string of the molecule is COc1ccc(-c2ccc(=O)n(CC(=O)NC(C)c3ccccc3)n2)cc1OC. The van der Waals surface area contributed by atoms with E-state index in [0.29, 0.717) is 17.2 Å². The van der Waals surface area contributed by atoms with Gasteiger partial charge in [0.25, 0.3) is 5.56 Å². The first-order valence-electron chi connectivity index (χ1n) is 9.16. The van der Waals surface area contributed by atoms with Crippen molar-refractivity contribution in [2.45, 2.75) is 19.5 Å². The van der Waals surface area contributed by atoms with Gasteiger partial charge in [-0.15, -0.1) is 0 Å². The van der Waals surface area contributed by atoms with Crippen LogP contribution in [0.5, 0.6) is 11.5 Å². The molecular weight excluding hydrogens is 370 g/mol. The molecule has 0 radical (unpaired) electrons. The Labute approximate surface area is 168 Å². The van der Waals surface area contributed by atoms with E-state index in [1.165, 1.54) is 6.07 Å². The lowest BCUT2D eigenvalue weighted by atomic mass is 10.1. The van der Waals surface area contributed by atoms with E-state index >= 15 is 0 Å². The van der Waals surface area contributed by atoms with Crippen LogP contribution in [0, 0.1) is 0 Å². The molecule has 29 heavy (non-hydrogen) atoms. The van der Waals surface area contributed by atoms with Crippen molar-refractivity contribution in [3.05, 3.63) is 76.6 Å². The summed E-state index contributed by atoms with van der Waals surface area (Å²) in [6.45, 7) is 1.72. The van der Waals surface area contributed by atoms with E-state index in [2.05, 4.69) is 10.4 Å². The maximum absolute atomic E-state index is 12.4. The van der Waals surface area contributed by atoms with Crippen LogP contribution in [-0.2, 0) is 11.3 Å². The van der Waals surface area contributed by atoms with Crippen LogP contribution in [0.3, 0.4) is 0 Å². The molecule has 1 aromatic heterocycles. The predicted molar refractivity (Wildman–Crippen MR) is 110 cm³/mol. The van der Waals surface area contributed by atoms with Crippen LogP contribution in [-0.4, -0.2) is 29.9 Å². The second-order valence-electron chi connectivity index (χ2n) is 6.48. The highest BCUT2D eigenvalue weighted by atomic mass is 16.5. The highest BCUT2D eigenvalue weighted by molar-refractivity contribution is 5.76. The monoisotopic (exact) mass is 393 g/mol. The van der Waals surface area contributed by atoms with Crippen LogP contribution in [0.15, 0.2) is 65.5 Å². The second-order valence-corrected chi connectivity index (χ2v) is 6.48. The van der Waals surface area contributed by atoms with Gasteiger partial charge in [-0.05, 0) is 36.8 Å². The minimum atomic E-state index is -0.350. The van der Waals surface area contributed by atoms with Crippen LogP contribution in [0.2, 0.25) is 0 Å². The molecule has 1 amide bonds. The summed E-state index contributed by atoms with van der Waals surface area (Å²) in [6, 6.07) is 17.8. The normalized spacial score (nSPS) is 11.6. The molecule has 0 spiro atoms. The van der Waals surface area contributed by atoms with Crippen molar-refractivity contribution in [3.63, 3.8) is 0 Å². The Morgan fingerprint density at radius 2 is 1.76 bits per heavy atom. The number of rotatable bonds is 7. The molecular formula is C22H23N3O4. The van der Waals surface area contributed by atoms with Crippen molar-refractivity contribution < 1.29 is 14.3 Å². The van der Waals surface area contributed by atoms with Crippen LogP contribution >= 0.6 is 0 Å². The number of methoxy groups -OCH3 is 2. The average molecular weight is 393 g/mol. The van der Waals surface area contributed by atoms with Crippen molar-refractivity contribution in [2.75, 3.05) is 14.2 Å². The number of hydrogen-bond donors (Lipinski definition) is 1. The van der Waals surface area contributed by atoms with Gasteiger partial charge in [0.15, 0.2) is 11.5 Å². The number of aromatic nitrogens is 2. The number of carbonyl (C=O) groups excluding carboxylic acids is 1. The highest BCUT2D eigenvalue weighted by Gasteiger charge is 2.13.